The highest BCUT2D eigenvalue weighted by Crippen LogP contribution is 2.32. The second-order valence-corrected chi connectivity index (χ2v) is 3.46. The van der Waals surface area contributed by atoms with Crippen LogP contribution in [0.4, 0.5) is 0 Å². The standard InChI is InChI=1S/C10H11BrO2/c1-3-4-7-5-10(13-2)9(12)6-8(7)11/h3,5-6,12H,1,4H2,2H3. The Morgan fingerprint density at radius 3 is 2.85 bits per heavy atom. The molecule has 0 aliphatic heterocycles. The number of halogens is 1. The molecule has 0 heterocycles. The van der Waals surface area contributed by atoms with Gasteiger partial charge < -0.3 is 9.84 Å². The molecule has 1 aromatic carbocycles. The summed E-state index contributed by atoms with van der Waals surface area (Å²) in [6.45, 7) is 3.65. The van der Waals surface area contributed by atoms with Gasteiger partial charge >= 0.3 is 0 Å². The first-order valence-corrected chi connectivity index (χ1v) is 4.64. The van der Waals surface area contributed by atoms with Crippen LogP contribution in [0.2, 0.25) is 0 Å². The Kier molecular flexibility index (Phi) is 3.37. The molecule has 70 valence electrons. The van der Waals surface area contributed by atoms with Crippen molar-refractivity contribution >= 4 is 15.9 Å². The number of hydrogen-bond acceptors (Lipinski definition) is 2. The lowest BCUT2D eigenvalue weighted by molar-refractivity contribution is 0.373. The van der Waals surface area contributed by atoms with Gasteiger partial charge in [0.15, 0.2) is 11.5 Å². The van der Waals surface area contributed by atoms with Crippen LogP contribution in [0.25, 0.3) is 0 Å². The van der Waals surface area contributed by atoms with Crippen LogP contribution in [0.5, 0.6) is 11.5 Å². The number of phenolic OH excluding ortho intramolecular Hbond substituents is 1. The molecule has 0 bridgehead atoms. The number of methoxy groups -OCH3 is 1. The maximum atomic E-state index is 9.40. The summed E-state index contributed by atoms with van der Waals surface area (Å²) in [6.07, 6.45) is 2.55. The minimum absolute atomic E-state index is 0.141. The predicted octanol–water partition coefficient (Wildman–Crippen LogP) is 2.89. The zero-order valence-corrected chi connectivity index (χ0v) is 8.97. The number of hydrogen-bond donors (Lipinski definition) is 1. The van der Waals surface area contributed by atoms with E-state index in [9.17, 15) is 5.11 Å². The highest BCUT2D eigenvalue weighted by molar-refractivity contribution is 9.10. The fraction of sp³-hybridized carbons (Fsp3) is 0.200. The molecule has 0 saturated carbocycles. The maximum Gasteiger partial charge on any atom is 0.160 e. The molecular weight excluding hydrogens is 232 g/mol. The minimum atomic E-state index is 0.141. The number of rotatable bonds is 3. The van der Waals surface area contributed by atoms with E-state index in [2.05, 4.69) is 22.5 Å². The Labute approximate surface area is 86.0 Å². The van der Waals surface area contributed by atoms with Crippen molar-refractivity contribution in [1.29, 1.82) is 0 Å². The number of benzene rings is 1. The normalized spacial score (nSPS) is 9.69. The average Bonchev–Trinajstić information content (AvgIpc) is 2.10. The van der Waals surface area contributed by atoms with Crippen molar-refractivity contribution < 1.29 is 9.84 Å². The summed E-state index contributed by atoms with van der Waals surface area (Å²) >= 11 is 3.35. The summed E-state index contributed by atoms with van der Waals surface area (Å²) in [6, 6.07) is 3.42. The van der Waals surface area contributed by atoms with Gasteiger partial charge in [-0.05, 0) is 24.1 Å². The van der Waals surface area contributed by atoms with Crippen molar-refractivity contribution in [3.8, 4) is 11.5 Å². The first kappa shape index (κ1) is 10.1. The molecule has 0 fully saturated rings. The largest absolute Gasteiger partial charge is 0.504 e. The molecule has 1 aromatic rings. The molecule has 0 aliphatic rings. The average molecular weight is 243 g/mol. The van der Waals surface area contributed by atoms with Gasteiger partial charge in [0.25, 0.3) is 0 Å². The molecule has 0 radical (unpaired) electrons. The van der Waals surface area contributed by atoms with Crippen LogP contribution < -0.4 is 4.74 Å². The van der Waals surface area contributed by atoms with Gasteiger partial charge in [0, 0.05) is 4.47 Å². The van der Waals surface area contributed by atoms with Crippen LogP contribution in [0, 0.1) is 0 Å². The summed E-state index contributed by atoms with van der Waals surface area (Å²) < 4.78 is 5.85. The smallest absolute Gasteiger partial charge is 0.160 e. The van der Waals surface area contributed by atoms with Crippen LogP contribution in [-0.4, -0.2) is 12.2 Å². The Hall–Kier alpha value is -0.960. The van der Waals surface area contributed by atoms with E-state index >= 15 is 0 Å². The van der Waals surface area contributed by atoms with E-state index in [0.717, 1.165) is 16.5 Å². The fourth-order valence-corrected chi connectivity index (χ4v) is 1.55. The Morgan fingerprint density at radius 2 is 2.31 bits per heavy atom. The van der Waals surface area contributed by atoms with E-state index in [-0.39, 0.29) is 5.75 Å². The molecule has 1 rings (SSSR count). The molecule has 0 aromatic heterocycles. The number of allylic oxidation sites excluding steroid dienone is 1. The van der Waals surface area contributed by atoms with Crippen molar-refractivity contribution in [2.75, 3.05) is 7.11 Å². The topological polar surface area (TPSA) is 29.5 Å². The molecule has 0 saturated heterocycles. The maximum absolute atomic E-state index is 9.40. The van der Waals surface area contributed by atoms with Gasteiger partial charge in [0.1, 0.15) is 0 Å². The van der Waals surface area contributed by atoms with Crippen molar-refractivity contribution in [1.82, 2.24) is 0 Å². The SMILES string of the molecule is C=CCc1cc(OC)c(O)cc1Br. The Balaban J connectivity index is 3.13. The molecule has 0 atom stereocenters. The molecule has 3 heteroatoms. The lowest BCUT2D eigenvalue weighted by Crippen LogP contribution is -1.88. The van der Waals surface area contributed by atoms with E-state index < -0.39 is 0 Å². The predicted molar refractivity (Wildman–Crippen MR) is 56.3 cm³/mol. The molecular formula is C10H11BrO2. The van der Waals surface area contributed by atoms with Crippen molar-refractivity contribution in [2.45, 2.75) is 6.42 Å². The highest BCUT2D eigenvalue weighted by atomic mass is 79.9. The first-order chi connectivity index (χ1) is 6.19. The lowest BCUT2D eigenvalue weighted by atomic mass is 10.1. The van der Waals surface area contributed by atoms with Crippen LogP contribution in [-0.2, 0) is 6.42 Å². The molecule has 1 N–H and O–H groups in total. The summed E-state index contributed by atoms with van der Waals surface area (Å²) in [5.41, 5.74) is 1.05. The van der Waals surface area contributed by atoms with Gasteiger partial charge in [-0.3, -0.25) is 0 Å². The van der Waals surface area contributed by atoms with Crippen LogP contribution in [0.3, 0.4) is 0 Å². The number of phenols is 1. The molecule has 0 unspecified atom stereocenters. The minimum Gasteiger partial charge on any atom is -0.504 e. The molecule has 0 amide bonds. The summed E-state index contributed by atoms with van der Waals surface area (Å²) in [7, 11) is 1.53. The van der Waals surface area contributed by atoms with Crippen molar-refractivity contribution in [3.63, 3.8) is 0 Å². The molecule has 0 spiro atoms. The molecule has 13 heavy (non-hydrogen) atoms. The number of aromatic hydroxyl groups is 1. The zero-order valence-electron chi connectivity index (χ0n) is 7.38. The van der Waals surface area contributed by atoms with E-state index in [4.69, 9.17) is 4.74 Å². The third-order valence-corrected chi connectivity index (χ3v) is 2.45. The molecule has 2 nitrogen and oxygen atoms in total. The van der Waals surface area contributed by atoms with Gasteiger partial charge in [-0.1, -0.05) is 22.0 Å². The second kappa shape index (κ2) is 4.33. The first-order valence-electron chi connectivity index (χ1n) is 3.85. The summed E-state index contributed by atoms with van der Waals surface area (Å²) in [5.74, 6) is 0.627. The van der Waals surface area contributed by atoms with Gasteiger partial charge in [0.2, 0.25) is 0 Å². The molecule has 0 aliphatic carbocycles. The van der Waals surface area contributed by atoms with E-state index in [1.54, 1.807) is 18.2 Å². The quantitative estimate of drug-likeness (QED) is 0.827. The van der Waals surface area contributed by atoms with Gasteiger partial charge in [-0.25, -0.2) is 0 Å². The Morgan fingerprint density at radius 1 is 1.62 bits per heavy atom. The third-order valence-electron chi connectivity index (χ3n) is 1.71. The monoisotopic (exact) mass is 242 g/mol. The van der Waals surface area contributed by atoms with Gasteiger partial charge in [0.05, 0.1) is 7.11 Å². The Bertz CT molecular complexity index is 321. The van der Waals surface area contributed by atoms with E-state index in [1.165, 1.54) is 7.11 Å². The van der Waals surface area contributed by atoms with E-state index in [1.807, 2.05) is 0 Å². The number of ether oxygens (including phenoxy) is 1. The second-order valence-electron chi connectivity index (χ2n) is 2.61. The van der Waals surface area contributed by atoms with E-state index in [0.29, 0.717) is 5.75 Å². The summed E-state index contributed by atoms with van der Waals surface area (Å²) in [4.78, 5) is 0. The van der Waals surface area contributed by atoms with Crippen LogP contribution in [0.1, 0.15) is 5.56 Å². The lowest BCUT2D eigenvalue weighted by Gasteiger charge is -2.07. The third kappa shape index (κ3) is 2.25. The van der Waals surface area contributed by atoms with Crippen molar-refractivity contribution in [2.24, 2.45) is 0 Å². The highest BCUT2D eigenvalue weighted by Gasteiger charge is 2.06. The fourth-order valence-electron chi connectivity index (χ4n) is 1.06. The van der Waals surface area contributed by atoms with Crippen LogP contribution >= 0.6 is 15.9 Å². The van der Waals surface area contributed by atoms with Crippen molar-refractivity contribution in [3.05, 3.63) is 34.8 Å². The van der Waals surface area contributed by atoms with Gasteiger partial charge in [-0.15, -0.1) is 6.58 Å². The van der Waals surface area contributed by atoms with Crippen LogP contribution in [0.15, 0.2) is 29.3 Å². The summed E-state index contributed by atoms with van der Waals surface area (Å²) in [5, 5.41) is 9.40. The zero-order chi connectivity index (χ0) is 9.84. The van der Waals surface area contributed by atoms with Gasteiger partial charge in [-0.2, -0.15) is 0 Å².